The van der Waals surface area contributed by atoms with E-state index in [0.29, 0.717) is 11.1 Å². The molecule has 5 nitrogen and oxygen atoms in total. The molecule has 1 aromatic rings. The van der Waals surface area contributed by atoms with Gasteiger partial charge in [-0.1, -0.05) is 12.1 Å². The molecule has 0 amide bonds. The Morgan fingerprint density at radius 1 is 1.28 bits per heavy atom. The largest absolute Gasteiger partial charge is 0.469 e. The fraction of sp³-hybridized carbons (Fsp3) is 0.333. The first-order valence-corrected chi connectivity index (χ1v) is 5.10. The Balaban J connectivity index is 0.00000289. The van der Waals surface area contributed by atoms with Gasteiger partial charge < -0.3 is 15.2 Å². The molecule has 1 atom stereocenters. The van der Waals surface area contributed by atoms with Gasteiger partial charge in [-0.25, -0.2) is 4.79 Å². The van der Waals surface area contributed by atoms with Gasteiger partial charge in [0.25, 0.3) is 0 Å². The van der Waals surface area contributed by atoms with Gasteiger partial charge in [0.15, 0.2) is 0 Å². The second-order valence-corrected chi connectivity index (χ2v) is 3.43. The van der Waals surface area contributed by atoms with Gasteiger partial charge in [-0.15, -0.1) is 12.4 Å². The SMILES string of the molecule is COC(=O)c1cccc(C(CN)C(=O)OC)c1.Cl. The van der Waals surface area contributed by atoms with E-state index in [1.165, 1.54) is 14.2 Å². The number of nitrogens with two attached hydrogens (primary N) is 1. The van der Waals surface area contributed by atoms with Crippen LogP contribution in [-0.2, 0) is 14.3 Å². The third-order valence-electron chi connectivity index (χ3n) is 2.43. The normalized spacial score (nSPS) is 11.1. The number of hydrogen-bond donors (Lipinski definition) is 1. The smallest absolute Gasteiger partial charge is 0.337 e. The zero-order chi connectivity index (χ0) is 12.8. The molecule has 0 heterocycles. The number of esters is 2. The number of carbonyl (C=O) groups is 2. The van der Waals surface area contributed by atoms with E-state index in [0.717, 1.165) is 0 Å². The van der Waals surface area contributed by atoms with Gasteiger partial charge in [-0.2, -0.15) is 0 Å². The average molecular weight is 274 g/mol. The summed E-state index contributed by atoms with van der Waals surface area (Å²) in [6.07, 6.45) is 0. The number of carbonyl (C=O) groups excluding carboxylic acids is 2. The molecule has 0 aliphatic heterocycles. The summed E-state index contributed by atoms with van der Waals surface area (Å²) in [5.41, 5.74) is 6.55. The molecule has 0 saturated carbocycles. The van der Waals surface area contributed by atoms with Crippen molar-refractivity contribution in [1.29, 1.82) is 0 Å². The van der Waals surface area contributed by atoms with Crippen LogP contribution < -0.4 is 5.73 Å². The van der Waals surface area contributed by atoms with Crippen molar-refractivity contribution in [3.05, 3.63) is 35.4 Å². The van der Waals surface area contributed by atoms with E-state index < -0.39 is 17.9 Å². The molecule has 0 fully saturated rings. The number of benzene rings is 1. The fourth-order valence-corrected chi connectivity index (χ4v) is 1.51. The molecule has 2 N–H and O–H groups in total. The number of hydrogen-bond acceptors (Lipinski definition) is 5. The highest BCUT2D eigenvalue weighted by Gasteiger charge is 2.20. The van der Waals surface area contributed by atoms with Crippen LogP contribution in [0.4, 0.5) is 0 Å². The van der Waals surface area contributed by atoms with E-state index in [1.807, 2.05) is 0 Å². The van der Waals surface area contributed by atoms with Crippen molar-refractivity contribution in [2.24, 2.45) is 5.73 Å². The molecule has 0 aromatic heterocycles. The molecular formula is C12H16ClNO4. The van der Waals surface area contributed by atoms with Crippen LogP contribution in [-0.4, -0.2) is 32.7 Å². The standard InChI is InChI=1S/C12H15NO4.ClH/c1-16-11(14)9-5-3-4-8(6-9)10(7-13)12(15)17-2;/h3-6,10H,7,13H2,1-2H3;1H. The van der Waals surface area contributed by atoms with Crippen molar-refractivity contribution in [3.8, 4) is 0 Å². The minimum atomic E-state index is -0.565. The highest BCUT2D eigenvalue weighted by Crippen LogP contribution is 2.18. The van der Waals surface area contributed by atoms with Gasteiger partial charge in [0.1, 0.15) is 0 Å². The Labute approximate surface area is 112 Å². The first kappa shape index (κ1) is 16.4. The van der Waals surface area contributed by atoms with Gasteiger partial charge in [-0.05, 0) is 17.7 Å². The maximum atomic E-state index is 11.5. The summed E-state index contributed by atoms with van der Waals surface area (Å²) in [4.78, 5) is 22.8. The van der Waals surface area contributed by atoms with E-state index in [-0.39, 0.29) is 19.0 Å². The molecule has 18 heavy (non-hydrogen) atoms. The second kappa shape index (κ2) is 7.68. The van der Waals surface area contributed by atoms with Gasteiger partial charge in [0.05, 0.1) is 25.7 Å². The van der Waals surface area contributed by atoms with Gasteiger partial charge in [0, 0.05) is 6.54 Å². The molecule has 0 aliphatic rings. The molecule has 0 aliphatic carbocycles. The van der Waals surface area contributed by atoms with E-state index in [9.17, 15) is 9.59 Å². The number of ether oxygens (including phenoxy) is 2. The van der Waals surface area contributed by atoms with E-state index in [1.54, 1.807) is 24.3 Å². The summed E-state index contributed by atoms with van der Waals surface area (Å²) in [5, 5.41) is 0. The van der Waals surface area contributed by atoms with Gasteiger partial charge in [0.2, 0.25) is 0 Å². The summed E-state index contributed by atoms with van der Waals surface area (Å²) in [7, 11) is 2.60. The zero-order valence-electron chi connectivity index (χ0n) is 10.2. The van der Waals surface area contributed by atoms with Crippen LogP contribution in [0.1, 0.15) is 21.8 Å². The molecule has 0 spiro atoms. The number of methoxy groups -OCH3 is 2. The van der Waals surface area contributed by atoms with Crippen molar-refractivity contribution in [2.45, 2.75) is 5.92 Å². The fourth-order valence-electron chi connectivity index (χ4n) is 1.51. The highest BCUT2D eigenvalue weighted by molar-refractivity contribution is 5.90. The zero-order valence-corrected chi connectivity index (χ0v) is 11.0. The van der Waals surface area contributed by atoms with Crippen LogP contribution in [0.25, 0.3) is 0 Å². The van der Waals surface area contributed by atoms with E-state index >= 15 is 0 Å². The van der Waals surface area contributed by atoms with Gasteiger partial charge in [-0.3, -0.25) is 4.79 Å². The molecule has 0 saturated heterocycles. The lowest BCUT2D eigenvalue weighted by molar-refractivity contribution is -0.142. The van der Waals surface area contributed by atoms with Crippen molar-refractivity contribution in [3.63, 3.8) is 0 Å². The molecule has 0 radical (unpaired) electrons. The van der Waals surface area contributed by atoms with E-state index in [4.69, 9.17) is 5.73 Å². The van der Waals surface area contributed by atoms with Crippen LogP contribution >= 0.6 is 12.4 Å². The first-order valence-electron chi connectivity index (χ1n) is 5.10. The average Bonchev–Trinajstić information content (AvgIpc) is 2.38. The predicted octanol–water partition coefficient (Wildman–Crippen LogP) is 1.11. The summed E-state index contributed by atoms with van der Waals surface area (Å²) < 4.78 is 9.25. The third kappa shape index (κ3) is 3.72. The van der Waals surface area contributed by atoms with E-state index in [2.05, 4.69) is 9.47 Å². The molecular weight excluding hydrogens is 258 g/mol. The van der Waals surface area contributed by atoms with Crippen LogP contribution in [0, 0.1) is 0 Å². The van der Waals surface area contributed by atoms with Crippen LogP contribution in [0.2, 0.25) is 0 Å². The number of halogens is 1. The van der Waals surface area contributed by atoms with Crippen LogP contribution in [0.3, 0.4) is 0 Å². The minimum Gasteiger partial charge on any atom is -0.469 e. The lowest BCUT2D eigenvalue weighted by Gasteiger charge is -2.13. The minimum absolute atomic E-state index is 0. The Morgan fingerprint density at radius 3 is 2.44 bits per heavy atom. The van der Waals surface area contributed by atoms with Crippen molar-refractivity contribution >= 4 is 24.3 Å². The Kier molecular flexibility index (Phi) is 7.00. The predicted molar refractivity (Wildman–Crippen MR) is 68.8 cm³/mol. The topological polar surface area (TPSA) is 78.6 Å². The maximum absolute atomic E-state index is 11.5. The Morgan fingerprint density at radius 2 is 1.94 bits per heavy atom. The third-order valence-corrected chi connectivity index (χ3v) is 2.43. The van der Waals surface area contributed by atoms with Crippen LogP contribution in [0.15, 0.2) is 24.3 Å². The molecule has 0 bridgehead atoms. The van der Waals surface area contributed by atoms with Crippen molar-refractivity contribution in [1.82, 2.24) is 0 Å². The molecule has 6 heteroatoms. The van der Waals surface area contributed by atoms with Crippen molar-refractivity contribution in [2.75, 3.05) is 20.8 Å². The van der Waals surface area contributed by atoms with Crippen molar-refractivity contribution < 1.29 is 19.1 Å². The Bertz CT molecular complexity index is 422. The summed E-state index contributed by atoms with van der Waals surface area (Å²) in [6.45, 7) is 0.122. The summed E-state index contributed by atoms with van der Waals surface area (Å²) >= 11 is 0. The summed E-state index contributed by atoms with van der Waals surface area (Å²) in [5.74, 6) is -1.44. The lowest BCUT2D eigenvalue weighted by atomic mass is 9.97. The second-order valence-electron chi connectivity index (χ2n) is 3.43. The highest BCUT2D eigenvalue weighted by atomic mass is 35.5. The number of rotatable bonds is 4. The molecule has 100 valence electrons. The lowest BCUT2D eigenvalue weighted by Crippen LogP contribution is -2.23. The van der Waals surface area contributed by atoms with Gasteiger partial charge >= 0.3 is 11.9 Å². The monoisotopic (exact) mass is 273 g/mol. The molecule has 1 rings (SSSR count). The van der Waals surface area contributed by atoms with Crippen LogP contribution in [0.5, 0.6) is 0 Å². The quantitative estimate of drug-likeness (QED) is 0.832. The summed E-state index contributed by atoms with van der Waals surface area (Å²) in [6, 6.07) is 6.59. The first-order chi connectivity index (χ1) is 8.13. The molecule has 1 aromatic carbocycles. The molecule has 1 unspecified atom stereocenters. The Hall–Kier alpha value is -1.59. The maximum Gasteiger partial charge on any atom is 0.337 e.